The molecule has 1 atom stereocenters. The molecule has 2 heterocycles. The van der Waals surface area contributed by atoms with Crippen LogP contribution >= 0.6 is 11.3 Å². The van der Waals surface area contributed by atoms with E-state index in [0.717, 1.165) is 40.3 Å². The first kappa shape index (κ1) is 17.6. The van der Waals surface area contributed by atoms with Crippen LogP contribution in [-0.2, 0) is 21.5 Å². The number of imide groups is 1. The number of aryl methyl sites for hydroxylation is 1. The summed E-state index contributed by atoms with van der Waals surface area (Å²) in [6.07, 6.45) is 2.09. The summed E-state index contributed by atoms with van der Waals surface area (Å²) >= 11 is 1.54. The van der Waals surface area contributed by atoms with Crippen LogP contribution in [0.15, 0.2) is 29.6 Å². The zero-order valence-corrected chi connectivity index (χ0v) is 14.9. The Morgan fingerprint density at radius 2 is 2.07 bits per heavy atom. The Morgan fingerprint density at radius 3 is 2.85 bits per heavy atom. The molecule has 2 N–H and O–H groups in total. The van der Waals surface area contributed by atoms with Crippen LogP contribution in [0.3, 0.4) is 0 Å². The highest BCUT2D eigenvalue weighted by Crippen LogP contribution is 2.42. The maximum atomic E-state index is 13.3. The first-order chi connectivity index (χ1) is 12.9. The monoisotopic (exact) mass is 391 g/mol. The van der Waals surface area contributed by atoms with Crippen molar-refractivity contribution in [3.8, 4) is 0 Å². The van der Waals surface area contributed by atoms with Crippen molar-refractivity contribution >= 4 is 34.9 Å². The molecule has 1 fully saturated rings. The van der Waals surface area contributed by atoms with Crippen LogP contribution in [0.25, 0.3) is 0 Å². The zero-order valence-electron chi connectivity index (χ0n) is 14.1. The molecule has 1 aliphatic carbocycles. The number of hydrogen-bond acceptors (Lipinski definition) is 4. The first-order valence-corrected chi connectivity index (χ1v) is 9.24. The summed E-state index contributed by atoms with van der Waals surface area (Å²) in [5.74, 6) is -3.28. The van der Waals surface area contributed by atoms with E-state index < -0.39 is 41.6 Å². The summed E-state index contributed by atoms with van der Waals surface area (Å²) in [6.45, 7) is -0.509. The van der Waals surface area contributed by atoms with Gasteiger partial charge in [0.1, 0.15) is 12.1 Å². The highest BCUT2D eigenvalue weighted by atomic mass is 32.1. The van der Waals surface area contributed by atoms with Crippen molar-refractivity contribution < 1.29 is 23.2 Å². The maximum absolute atomic E-state index is 13.3. The highest BCUT2D eigenvalue weighted by Gasteiger charge is 2.54. The molecular weight excluding hydrogens is 376 g/mol. The summed E-state index contributed by atoms with van der Waals surface area (Å²) < 4.78 is 26.2. The first-order valence-electron chi connectivity index (χ1n) is 8.36. The summed E-state index contributed by atoms with van der Waals surface area (Å²) in [4.78, 5) is 39.5. The fourth-order valence-corrected chi connectivity index (χ4v) is 4.60. The van der Waals surface area contributed by atoms with Gasteiger partial charge in [-0.25, -0.2) is 13.6 Å². The van der Waals surface area contributed by atoms with Crippen LogP contribution in [0.1, 0.15) is 23.3 Å². The lowest BCUT2D eigenvalue weighted by molar-refractivity contribution is -0.134. The molecule has 0 saturated carbocycles. The van der Waals surface area contributed by atoms with Crippen LogP contribution in [0, 0.1) is 11.6 Å². The third kappa shape index (κ3) is 2.87. The number of halogens is 2. The van der Waals surface area contributed by atoms with Gasteiger partial charge < -0.3 is 10.6 Å². The van der Waals surface area contributed by atoms with Crippen molar-refractivity contribution in [3.63, 3.8) is 0 Å². The number of urea groups is 1. The predicted molar refractivity (Wildman–Crippen MR) is 94.2 cm³/mol. The Bertz CT molecular complexity index is 961. The lowest BCUT2D eigenvalue weighted by Gasteiger charge is -2.31. The van der Waals surface area contributed by atoms with Crippen molar-refractivity contribution in [2.45, 2.75) is 24.8 Å². The molecule has 1 aliphatic heterocycles. The second kappa shape index (κ2) is 6.41. The molecule has 2 aromatic rings. The Labute approximate surface area is 157 Å². The quantitative estimate of drug-likeness (QED) is 0.790. The lowest BCUT2D eigenvalue weighted by atomic mass is 9.80. The number of carbonyl (C=O) groups is 3. The number of hydrogen-bond donors (Lipinski definition) is 2. The van der Waals surface area contributed by atoms with Gasteiger partial charge in [-0.15, -0.1) is 11.3 Å². The molecule has 27 heavy (non-hydrogen) atoms. The summed E-state index contributed by atoms with van der Waals surface area (Å²) in [5.41, 5.74) is -0.286. The van der Waals surface area contributed by atoms with E-state index in [1.165, 1.54) is 6.07 Å². The molecule has 1 aromatic heterocycles. The minimum absolute atomic E-state index is 0.0402. The molecule has 1 saturated heterocycles. The molecule has 9 heteroatoms. The lowest BCUT2D eigenvalue weighted by Crippen LogP contribution is -2.46. The molecule has 1 spiro atoms. The number of nitrogens with one attached hydrogen (secondary N) is 2. The molecule has 140 valence electrons. The average molecular weight is 391 g/mol. The second-order valence-electron chi connectivity index (χ2n) is 6.51. The smallest absolute Gasteiger partial charge is 0.324 e. The van der Waals surface area contributed by atoms with E-state index in [1.54, 1.807) is 11.3 Å². The molecule has 6 nitrogen and oxygen atoms in total. The van der Waals surface area contributed by atoms with Gasteiger partial charge in [-0.1, -0.05) is 0 Å². The number of amides is 4. The van der Waals surface area contributed by atoms with Gasteiger partial charge in [0, 0.05) is 22.2 Å². The summed E-state index contributed by atoms with van der Waals surface area (Å²) in [6, 6.07) is 4.11. The minimum Gasteiger partial charge on any atom is -0.324 e. The molecule has 2 aliphatic rings. The molecule has 1 aromatic carbocycles. The van der Waals surface area contributed by atoms with Crippen LogP contribution in [0.4, 0.5) is 19.3 Å². The SMILES string of the molecule is O=C(CN1C(=O)NC2(CCCc3sccc32)C1=O)Nc1ccc(F)c(F)c1. The van der Waals surface area contributed by atoms with Gasteiger partial charge in [0.05, 0.1) is 0 Å². The Morgan fingerprint density at radius 1 is 1.26 bits per heavy atom. The number of benzene rings is 1. The van der Waals surface area contributed by atoms with Crippen molar-refractivity contribution in [2.75, 3.05) is 11.9 Å². The van der Waals surface area contributed by atoms with Crippen molar-refractivity contribution in [2.24, 2.45) is 0 Å². The number of fused-ring (bicyclic) bond motifs is 2. The van der Waals surface area contributed by atoms with Crippen LogP contribution in [-0.4, -0.2) is 29.3 Å². The van der Waals surface area contributed by atoms with Gasteiger partial charge in [-0.3, -0.25) is 14.5 Å². The normalized spacial score (nSPS) is 21.3. The largest absolute Gasteiger partial charge is 0.325 e. The minimum atomic E-state index is -1.12. The van der Waals surface area contributed by atoms with E-state index >= 15 is 0 Å². The van der Waals surface area contributed by atoms with E-state index in [4.69, 9.17) is 0 Å². The predicted octanol–water partition coefficient (Wildman–Crippen LogP) is 2.75. The van der Waals surface area contributed by atoms with Gasteiger partial charge >= 0.3 is 6.03 Å². The van der Waals surface area contributed by atoms with Crippen molar-refractivity contribution in [1.82, 2.24) is 10.2 Å². The summed E-state index contributed by atoms with van der Waals surface area (Å²) in [7, 11) is 0. The van der Waals surface area contributed by atoms with Gasteiger partial charge in [-0.2, -0.15) is 0 Å². The molecule has 0 radical (unpaired) electrons. The topological polar surface area (TPSA) is 78.5 Å². The van der Waals surface area contributed by atoms with E-state index in [1.807, 2.05) is 11.4 Å². The molecule has 0 bridgehead atoms. The van der Waals surface area contributed by atoms with E-state index in [0.29, 0.717) is 6.42 Å². The third-order valence-electron chi connectivity index (χ3n) is 4.84. The number of rotatable bonds is 3. The zero-order chi connectivity index (χ0) is 19.2. The van der Waals surface area contributed by atoms with Gasteiger partial charge in [-0.05, 0) is 42.8 Å². The molecule has 1 unspecified atom stereocenters. The average Bonchev–Trinajstić information content (AvgIpc) is 3.19. The number of anilines is 1. The molecular formula is C18H15F2N3O3S. The Hall–Kier alpha value is -2.81. The number of carbonyl (C=O) groups excluding carboxylic acids is 3. The standard InChI is InChI=1S/C18H15F2N3O3S/c19-12-4-3-10(8-13(12)20)21-15(24)9-23-16(25)18(22-17(23)26)6-1-2-14-11(18)5-7-27-14/h3-5,7-8H,1-2,6,9H2,(H,21,24)(H,22,26). The van der Waals surface area contributed by atoms with Gasteiger partial charge in [0.15, 0.2) is 11.6 Å². The van der Waals surface area contributed by atoms with Gasteiger partial charge in [0.25, 0.3) is 5.91 Å². The molecule has 4 rings (SSSR count). The van der Waals surface area contributed by atoms with Crippen molar-refractivity contribution in [3.05, 3.63) is 51.7 Å². The highest BCUT2D eigenvalue weighted by molar-refractivity contribution is 7.10. The van der Waals surface area contributed by atoms with E-state index in [9.17, 15) is 23.2 Å². The summed E-state index contributed by atoms with van der Waals surface area (Å²) in [5, 5.41) is 7.00. The maximum Gasteiger partial charge on any atom is 0.325 e. The second-order valence-corrected chi connectivity index (χ2v) is 7.52. The van der Waals surface area contributed by atoms with Crippen LogP contribution in [0.2, 0.25) is 0 Å². The third-order valence-corrected chi connectivity index (χ3v) is 5.82. The van der Waals surface area contributed by atoms with E-state index in [2.05, 4.69) is 10.6 Å². The Balaban J connectivity index is 1.52. The fourth-order valence-electron chi connectivity index (χ4n) is 3.60. The van der Waals surface area contributed by atoms with Crippen molar-refractivity contribution in [1.29, 1.82) is 0 Å². The Kier molecular flexibility index (Phi) is 4.18. The number of nitrogens with zero attached hydrogens (tertiary/aromatic N) is 1. The fraction of sp³-hybridized carbons (Fsp3) is 0.278. The van der Waals surface area contributed by atoms with Crippen LogP contribution < -0.4 is 10.6 Å². The number of thiophene rings is 1. The molecule has 4 amide bonds. The van der Waals surface area contributed by atoms with Crippen LogP contribution in [0.5, 0.6) is 0 Å². The van der Waals surface area contributed by atoms with E-state index in [-0.39, 0.29) is 5.69 Å². The van der Waals surface area contributed by atoms with Gasteiger partial charge in [0.2, 0.25) is 5.91 Å².